The number of hydrogen-bond donors (Lipinski definition) is 0. The Hall–Kier alpha value is -7.63. The van der Waals surface area contributed by atoms with E-state index in [1.165, 1.54) is 27.4 Å². The lowest BCUT2D eigenvalue weighted by Crippen LogP contribution is -2.00. The highest BCUT2D eigenvalue weighted by Gasteiger charge is 2.18. The summed E-state index contributed by atoms with van der Waals surface area (Å²) in [5.74, 6) is 1.88. The Balaban J connectivity index is 1.01. The van der Waals surface area contributed by atoms with Gasteiger partial charge >= 0.3 is 0 Å². The van der Waals surface area contributed by atoms with Crippen molar-refractivity contribution in [3.05, 3.63) is 194 Å². The lowest BCUT2D eigenvalue weighted by molar-refractivity contribution is 0.670. The molecule has 5 nitrogen and oxygen atoms in total. The fourth-order valence-electron chi connectivity index (χ4n) is 7.98. The molecule has 11 rings (SSSR count). The van der Waals surface area contributed by atoms with Gasteiger partial charge in [0.1, 0.15) is 11.2 Å². The van der Waals surface area contributed by atoms with Gasteiger partial charge in [0, 0.05) is 49.5 Å². The van der Waals surface area contributed by atoms with Gasteiger partial charge in [0.15, 0.2) is 17.5 Å². The first-order chi connectivity index (χ1) is 27.7. The van der Waals surface area contributed by atoms with Gasteiger partial charge in [-0.3, -0.25) is 0 Å². The van der Waals surface area contributed by atoms with Crippen molar-refractivity contribution in [2.24, 2.45) is 0 Å². The van der Waals surface area contributed by atoms with Crippen molar-refractivity contribution in [2.75, 3.05) is 0 Å². The van der Waals surface area contributed by atoms with E-state index >= 15 is 0 Å². The second-order valence-corrected chi connectivity index (χ2v) is 14.0. The third kappa shape index (κ3) is 5.37. The molecule has 0 radical (unpaired) electrons. The van der Waals surface area contributed by atoms with Gasteiger partial charge in [-0.15, -0.1) is 0 Å². The molecule has 56 heavy (non-hydrogen) atoms. The molecule has 0 saturated carbocycles. The number of furan rings is 1. The molecule has 0 unspecified atom stereocenters. The first kappa shape index (κ1) is 31.9. The molecule has 0 saturated heterocycles. The number of para-hydroxylation sites is 3. The molecule has 3 aromatic heterocycles. The summed E-state index contributed by atoms with van der Waals surface area (Å²) in [4.78, 5) is 14.8. The zero-order valence-electron chi connectivity index (χ0n) is 30.2. The van der Waals surface area contributed by atoms with Gasteiger partial charge in [-0.25, -0.2) is 15.0 Å². The molecule has 0 fully saturated rings. The lowest BCUT2D eigenvalue weighted by Gasteiger charge is -2.09. The maximum absolute atomic E-state index is 6.66. The van der Waals surface area contributed by atoms with Crippen molar-refractivity contribution in [1.82, 2.24) is 19.5 Å². The molecular formula is C51H32N4O. The van der Waals surface area contributed by atoms with Crippen LogP contribution in [0.3, 0.4) is 0 Å². The lowest BCUT2D eigenvalue weighted by atomic mass is 9.96. The standard InChI is InChI=1S/C51H32N4O/c1-4-14-33(15-5-1)49-52-50(34-16-6-2-7-17-34)54-51(53-49)38-27-29-47-44(32-38)42-24-13-23-40(48(42)56-47)37-19-12-18-35(30-37)36-26-28-46-43(31-36)41-22-10-11-25-45(41)55(46)39-20-8-3-9-21-39/h1-32H. The highest BCUT2D eigenvalue weighted by Crippen LogP contribution is 2.40. The Bertz CT molecular complexity index is 3180. The van der Waals surface area contributed by atoms with Crippen LogP contribution in [0.2, 0.25) is 0 Å². The smallest absolute Gasteiger partial charge is 0.164 e. The summed E-state index contributed by atoms with van der Waals surface area (Å²) in [5, 5.41) is 4.52. The molecule has 11 aromatic rings. The van der Waals surface area contributed by atoms with Crippen molar-refractivity contribution >= 4 is 43.7 Å². The molecule has 0 aliphatic carbocycles. The van der Waals surface area contributed by atoms with Crippen molar-refractivity contribution in [3.8, 4) is 62.1 Å². The van der Waals surface area contributed by atoms with Crippen LogP contribution in [0.5, 0.6) is 0 Å². The molecule has 0 atom stereocenters. The van der Waals surface area contributed by atoms with Crippen molar-refractivity contribution in [1.29, 1.82) is 0 Å². The van der Waals surface area contributed by atoms with Crippen LogP contribution in [-0.4, -0.2) is 19.5 Å². The summed E-state index contributed by atoms with van der Waals surface area (Å²) in [6.45, 7) is 0. The van der Waals surface area contributed by atoms with E-state index in [0.717, 1.165) is 61.0 Å². The maximum Gasteiger partial charge on any atom is 0.164 e. The van der Waals surface area contributed by atoms with E-state index in [-0.39, 0.29) is 0 Å². The Labute approximate surface area is 322 Å². The third-order valence-electron chi connectivity index (χ3n) is 10.6. The van der Waals surface area contributed by atoms with Gasteiger partial charge in [-0.2, -0.15) is 0 Å². The Morgan fingerprint density at radius 1 is 0.339 bits per heavy atom. The fraction of sp³-hybridized carbons (Fsp3) is 0. The molecule has 8 aromatic carbocycles. The maximum atomic E-state index is 6.66. The Kier molecular flexibility index (Phi) is 7.42. The molecular weight excluding hydrogens is 685 g/mol. The van der Waals surface area contributed by atoms with E-state index in [9.17, 15) is 0 Å². The number of rotatable bonds is 6. The SMILES string of the molecule is c1ccc(-c2nc(-c3ccccc3)nc(-c3ccc4oc5c(-c6cccc(-c7ccc8c(c7)c7ccccc7n8-c7ccccc7)c6)cccc5c4c3)n2)cc1. The van der Waals surface area contributed by atoms with Crippen LogP contribution in [0.15, 0.2) is 199 Å². The normalized spacial score (nSPS) is 11.6. The van der Waals surface area contributed by atoms with Crippen molar-refractivity contribution in [3.63, 3.8) is 0 Å². The van der Waals surface area contributed by atoms with Gasteiger partial charge in [-0.1, -0.05) is 140 Å². The first-order valence-electron chi connectivity index (χ1n) is 18.8. The molecule has 0 spiro atoms. The molecule has 0 amide bonds. The molecule has 5 heteroatoms. The quantitative estimate of drug-likeness (QED) is 0.172. The molecule has 3 heterocycles. The summed E-state index contributed by atoms with van der Waals surface area (Å²) in [6.07, 6.45) is 0. The largest absolute Gasteiger partial charge is 0.455 e. The van der Waals surface area contributed by atoms with Crippen molar-refractivity contribution < 1.29 is 4.42 Å². The number of fused-ring (bicyclic) bond motifs is 6. The van der Waals surface area contributed by atoms with Crippen LogP contribution in [0.1, 0.15) is 0 Å². The van der Waals surface area contributed by atoms with E-state index in [4.69, 9.17) is 19.4 Å². The van der Waals surface area contributed by atoms with E-state index in [0.29, 0.717) is 17.5 Å². The number of nitrogens with zero attached hydrogens (tertiary/aromatic N) is 4. The highest BCUT2D eigenvalue weighted by atomic mass is 16.3. The molecule has 0 N–H and O–H groups in total. The van der Waals surface area contributed by atoms with E-state index in [1.54, 1.807) is 0 Å². The second-order valence-electron chi connectivity index (χ2n) is 14.0. The molecule has 0 aliphatic rings. The summed E-state index contributed by atoms with van der Waals surface area (Å²) in [5.41, 5.74) is 12.4. The Morgan fingerprint density at radius 3 is 1.62 bits per heavy atom. The van der Waals surface area contributed by atoms with Gasteiger partial charge in [0.2, 0.25) is 0 Å². The molecule has 0 aliphatic heterocycles. The van der Waals surface area contributed by atoms with Crippen LogP contribution in [-0.2, 0) is 0 Å². The second kappa shape index (κ2) is 13.0. The van der Waals surface area contributed by atoms with Crippen LogP contribution in [0.4, 0.5) is 0 Å². The third-order valence-corrected chi connectivity index (χ3v) is 10.6. The predicted octanol–water partition coefficient (Wildman–Crippen LogP) is 13.2. The fourth-order valence-corrected chi connectivity index (χ4v) is 7.98. The zero-order valence-corrected chi connectivity index (χ0v) is 30.2. The van der Waals surface area contributed by atoms with Gasteiger partial charge in [-0.05, 0) is 71.3 Å². The zero-order chi connectivity index (χ0) is 37.0. The van der Waals surface area contributed by atoms with E-state index in [2.05, 4.69) is 126 Å². The summed E-state index contributed by atoms with van der Waals surface area (Å²) < 4.78 is 9.01. The predicted molar refractivity (Wildman–Crippen MR) is 229 cm³/mol. The average molecular weight is 717 g/mol. The number of aromatic nitrogens is 4. The van der Waals surface area contributed by atoms with Crippen LogP contribution in [0, 0.1) is 0 Å². The van der Waals surface area contributed by atoms with Gasteiger partial charge < -0.3 is 8.98 Å². The number of benzene rings is 8. The van der Waals surface area contributed by atoms with Crippen LogP contribution >= 0.6 is 0 Å². The summed E-state index contributed by atoms with van der Waals surface area (Å²) >= 11 is 0. The summed E-state index contributed by atoms with van der Waals surface area (Å²) in [6, 6.07) is 67.5. The first-order valence-corrected chi connectivity index (χ1v) is 18.8. The minimum absolute atomic E-state index is 0.613. The van der Waals surface area contributed by atoms with E-state index < -0.39 is 0 Å². The summed E-state index contributed by atoms with van der Waals surface area (Å²) in [7, 11) is 0. The highest BCUT2D eigenvalue weighted by molar-refractivity contribution is 6.12. The molecule has 262 valence electrons. The van der Waals surface area contributed by atoms with Gasteiger partial charge in [0.25, 0.3) is 0 Å². The monoisotopic (exact) mass is 716 g/mol. The van der Waals surface area contributed by atoms with E-state index in [1.807, 2.05) is 72.8 Å². The minimum Gasteiger partial charge on any atom is -0.455 e. The van der Waals surface area contributed by atoms with Gasteiger partial charge in [0.05, 0.1) is 11.0 Å². The van der Waals surface area contributed by atoms with Crippen molar-refractivity contribution in [2.45, 2.75) is 0 Å². The topological polar surface area (TPSA) is 56.7 Å². The Morgan fingerprint density at radius 2 is 0.875 bits per heavy atom. The number of hydrogen-bond acceptors (Lipinski definition) is 4. The van der Waals surface area contributed by atoms with Crippen LogP contribution in [0.25, 0.3) is 106 Å². The van der Waals surface area contributed by atoms with Crippen LogP contribution < -0.4 is 0 Å². The average Bonchev–Trinajstić information content (AvgIpc) is 3.82. The molecule has 0 bridgehead atoms. The minimum atomic E-state index is 0.613.